The van der Waals surface area contributed by atoms with Gasteiger partial charge in [0.25, 0.3) is 0 Å². The summed E-state index contributed by atoms with van der Waals surface area (Å²) in [6.07, 6.45) is 0. The third kappa shape index (κ3) is 5.89. The lowest BCUT2D eigenvalue weighted by Gasteiger charge is -2.48. The van der Waals surface area contributed by atoms with Crippen LogP contribution in [0.25, 0.3) is 98.8 Å². The molecular weight excluding hydrogens is 927 g/mol. The molecule has 4 heteroatoms. The summed E-state index contributed by atoms with van der Waals surface area (Å²) in [6.45, 7) is 0. The summed E-state index contributed by atoms with van der Waals surface area (Å²) in [6, 6.07) is 96.0. The standard InChI is InChI=1S/C71H43N3S/c1-3-18-44(19-4-1)45-34-36-47(37-35-45)68-72-67(46-20-5-2-6-21-46)73-69(74-68)50-23-17-22-48(42-50)49-38-40-58-55(43-49)65-63(41-39-54-53-26-9-16-33-64(53)75-66(54)65)71(58)61-31-14-12-29-59(61)70(60-30-13-15-32-62(60)71)56-27-10-7-24-51(56)52-25-8-11-28-57(52)70/h1-43H. The van der Waals surface area contributed by atoms with Gasteiger partial charge in [0, 0.05) is 42.4 Å². The van der Waals surface area contributed by atoms with Gasteiger partial charge >= 0.3 is 0 Å². The Morgan fingerprint density at radius 3 is 1.31 bits per heavy atom. The van der Waals surface area contributed by atoms with Crippen LogP contribution in [0.4, 0.5) is 0 Å². The Morgan fingerprint density at radius 1 is 0.253 bits per heavy atom. The van der Waals surface area contributed by atoms with E-state index in [9.17, 15) is 0 Å². The SMILES string of the molecule is c1ccc(-c2ccc(-c3nc(-c4ccccc4)nc(-c4cccc(-c5ccc6c(c5)-c5c(ccc7c5sc5ccccc57)C65c6ccccc6C6(c7ccccc7-c7ccccc76)c6ccccc65)c4)n3)cc2)cc1. The van der Waals surface area contributed by atoms with Crippen molar-refractivity contribution >= 4 is 31.5 Å². The zero-order chi connectivity index (χ0) is 49.2. The van der Waals surface area contributed by atoms with E-state index in [4.69, 9.17) is 15.0 Å². The van der Waals surface area contributed by atoms with Crippen LogP contribution in [0.5, 0.6) is 0 Å². The van der Waals surface area contributed by atoms with Gasteiger partial charge in [-0.3, -0.25) is 0 Å². The Balaban J connectivity index is 0.908. The molecule has 0 bridgehead atoms. The first-order chi connectivity index (χ1) is 37.2. The predicted octanol–water partition coefficient (Wildman–Crippen LogP) is 17.6. The van der Waals surface area contributed by atoms with Gasteiger partial charge in [0.15, 0.2) is 17.5 Å². The Hall–Kier alpha value is -9.35. The topological polar surface area (TPSA) is 38.7 Å². The maximum Gasteiger partial charge on any atom is 0.164 e. The van der Waals surface area contributed by atoms with E-state index in [1.165, 1.54) is 92.5 Å². The monoisotopic (exact) mass is 969 g/mol. The van der Waals surface area contributed by atoms with E-state index in [2.05, 4.69) is 237 Å². The fraction of sp³-hybridized carbons (Fsp3) is 0.0282. The lowest BCUT2D eigenvalue weighted by Crippen LogP contribution is -2.43. The first-order valence-corrected chi connectivity index (χ1v) is 26.6. The molecule has 0 amide bonds. The molecule has 0 N–H and O–H groups in total. The van der Waals surface area contributed by atoms with Crippen molar-refractivity contribution in [1.82, 2.24) is 15.0 Å². The number of thiophene rings is 1. The van der Waals surface area contributed by atoms with Crippen LogP contribution < -0.4 is 0 Å². The maximum atomic E-state index is 5.22. The molecule has 3 nitrogen and oxygen atoms in total. The van der Waals surface area contributed by atoms with E-state index in [1.807, 2.05) is 35.6 Å². The molecule has 348 valence electrons. The normalized spacial score (nSPS) is 13.8. The van der Waals surface area contributed by atoms with Gasteiger partial charge in [-0.2, -0.15) is 0 Å². The van der Waals surface area contributed by atoms with Gasteiger partial charge in [-0.05, 0) is 102 Å². The molecule has 2 aromatic heterocycles. The van der Waals surface area contributed by atoms with Crippen molar-refractivity contribution in [1.29, 1.82) is 0 Å². The number of rotatable bonds is 5. The van der Waals surface area contributed by atoms with E-state index in [0.29, 0.717) is 17.5 Å². The van der Waals surface area contributed by atoms with Crippen molar-refractivity contribution in [2.75, 3.05) is 0 Å². The molecule has 0 unspecified atom stereocenters. The number of aromatic nitrogens is 3. The summed E-state index contributed by atoms with van der Waals surface area (Å²) in [4.78, 5) is 15.5. The van der Waals surface area contributed by atoms with Crippen molar-refractivity contribution in [3.63, 3.8) is 0 Å². The number of nitrogens with zero attached hydrogens (tertiary/aromatic N) is 3. The first-order valence-electron chi connectivity index (χ1n) is 25.7. The molecule has 2 spiro atoms. The minimum Gasteiger partial charge on any atom is -0.208 e. The van der Waals surface area contributed by atoms with Crippen LogP contribution in [-0.4, -0.2) is 15.0 Å². The quantitative estimate of drug-likeness (QED) is 0.172. The first kappa shape index (κ1) is 42.2. The van der Waals surface area contributed by atoms with Gasteiger partial charge in [-0.1, -0.05) is 243 Å². The molecule has 75 heavy (non-hydrogen) atoms. The number of benzene rings is 11. The van der Waals surface area contributed by atoms with E-state index < -0.39 is 10.8 Å². The molecule has 0 atom stereocenters. The minimum absolute atomic E-state index is 0.502. The Morgan fingerprint density at radius 2 is 0.667 bits per heavy atom. The number of hydrogen-bond acceptors (Lipinski definition) is 4. The van der Waals surface area contributed by atoms with Crippen LogP contribution in [0.15, 0.2) is 261 Å². The van der Waals surface area contributed by atoms with Gasteiger partial charge in [-0.25, -0.2) is 15.0 Å². The molecule has 0 saturated carbocycles. The summed E-state index contributed by atoms with van der Waals surface area (Å²) in [5.41, 5.74) is 22.1. The lowest BCUT2D eigenvalue weighted by atomic mass is 9.52. The van der Waals surface area contributed by atoms with Crippen molar-refractivity contribution in [2.24, 2.45) is 0 Å². The van der Waals surface area contributed by atoms with Crippen LogP contribution in [0, 0.1) is 0 Å². The average molecular weight is 970 g/mol. The summed E-state index contributed by atoms with van der Waals surface area (Å²) in [5, 5.41) is 2.60. The molecule has 3 aliphatic rings. The summed E-state index contributed by atoms with van der Waals surface area (Å²) in [5.74, 6) is 1.90. The number of fused-ring (bicyclic) bond motifs is 20. The smallest absolute Gasteiger partial charge is 0.164 e. The fourth-order valence-electron chi connectivity index (χ4n) is 13.4. The van der Waals surface area contributed by atoms with E-state index in [-0.39, 0.29) is 0 Å². The van der Waals surface area contributed by atoms with E-state index in [1.54, 1.807) is 0 Å². The zero-order valence-electron chi connectivity index (χ0n) is 40.6. The zero-order valence-corrected chi connectivity index (χ0v) is 41.4. The summed E-state index contributed by atoms with van der Waals surface area (Å²) < 4.78 is 2.63. The van der Waals surface area contributed by atoms with Crippen LogP contribution in [0.1, 0.15) is 44.5 Å². The molecule has 11 aromatic carbocycles. The van der Waals surface area contributed by atoms with Gasteiger partial charge in [0.2, 0.25) is 0 Å². The minimum atomic E-state index is -0.602. The van der Waals surface area contributed by atoms with Gasteiger partial charge in [0.1, 0.15) is 0 Å². The highest BCUT2D eigenvalue weighted by Gasteiger charge is 2.59. The fourth-order valence-corrected chi connectivity index (χ4v) is 14.6. The molecule has 16 rings (SSSR count). The molecule has 3 aliphatic carbocycles. The number of hydrogen-bond donors (Lipinski definition) is 0. The lowest BCUT2D eigenvalue weighted by molar-refractivity contribution is 0.633. The van der Waals surface area contributed by atoms with E-state index >= 15 is 0 Å². The third-order valence-electron chi connectivity index (χ3n) is 16.4. The molecule has 0 fully saturated rings. The molecule has 2 heterocycles. The second-order valence-electron chi connectivity index (χ2n) is 20.1. The van der Waals surface area contributed by atoms with Crippen molar-refractivity contribution < 1.29 is 0 Å². The molecule has 13 aromatic rings. The van der Waals surface area contributed by atoms with Gasteiger partial charge < -0.3 is 0 Å². The van der Waals surface area contributed by atoms with Crippen molar-refractivity contribution in [3.05, 3.63) is 305 Å². The Labute approximate surface area is 438 Å². The van der Waals surface area contributed by atoms with Crippen molar-refractivity contribution in [2.45, 2.75) is 10.8 Å². The maximum absolute atomic E-state index is 5.22. The van der Waals surface area contributed by atoms with Gasteiger partial charge in [0.05, 0.1) is 10.8 Å². The highest BCUT2D eigenvalue weighted by Crippen LogP contribution is 2.68. The third-order valence-corrected chi connectivity index (χ3v) is 17.6. The van der Waals surface area contributed by atoms with Crippen LogP contribution in [0.3, 0.4) is 0 Å². The van der Waals surface area contributed by atoms with Crippen LogP contribution in [-0.2, 0) is 10.8 Å². The van der Waals surface area contributed by atoms with E-state index in [0.717, 1.165) is 33.4 Å². The van der Waals surface area contributed by atoms with Gasteiger partial charge in [-0.15, -0.1) is 11.3 Å². The Kier molecular flexibility index (Phi) is 9.04. The molecule has 0 aliphatic heterocycles. The highest BCUT2D eigenvalue weighted by atomic mass is 32.1. The average Bonchev–Trinajstić information content (AvgIpc) is 4.19. The second-order valence-corrected chi connectivity index (χ2v) is 21.2. The highest BCUT2D eigenvalue weighted by molar-refractivity contribution is 7.26. The summed E-state index contributed by atoms with van der Waals surface area (Å²) >= 11 is 1.92. The predicted molar refractivity (Wildman–Crippen MR) is 308 cm³/mol. The summed E-state index contributed by atoms with van der Waals surface area (Å²) in [7, 11) is 0. The second kappa shape index (κ2) is 16.1. The molecular formula is C71H43N3S. The van der Waals surface area contributed by atoms with Crippen molar-refractivity contribution in [3.8, 4) is 78.7 Å². The largest absolute Gasteiger partial charge is 0.208 e. The van der Waals surface area contributed by atoms with Crippen LogP contribution in [0.2, 0.25) is 0 Å². The van der Waals surface area contributed by atoms with Crippen LogP contribution >= 0.6 is 11.3 Å². The molecule has 0 radical (unpaired) electrons. The Bertz CT molecular complexity index is 4380. The molecule has 0 saturated heterocycles.